The number of nitrogens with two attached hydrogens (primary N) is 1. The molecule has 0 heterocycles. The van der Waals surface area contributed by atoms with Gasteiger partial charge in [-0.05, 0) is 17.7 Å². The molecule has 0 fully saturated rings. The van der Waals surface area contributed by atoms with Gasteiger partial charge < -0.3 is 5.73 Å². The van der Waals surface area contributed by atoms with Crippen molar-refractivity contribution < 1.29 is 4.79 Å². The molecule has 0 amide bonds. The van der Waals surface area contributed by atoms with Gasteiger partial charge in [0.1, 0.15) is 0 Å². The molecule has 0 saturated carbocycles. The number of Topliss-reactive ketones (excluding diaryl/α,β-unsaturated/α-hetero) is 1. The molecule has 3 heteroatoms. The first-order valence-electron chi connectivity index (χ1n) is 5.78. The van der Waals surface area contributed by atoms with Crippen LogP contribution in [0.25, 0.3) is 5.57 Å². The minimum atomic E-state index is -0.174. The first-order chi connectivity index (χ1) is 9.22. The maximum Gasteiger partial charge on any atom is 0.194 e. The van der Waals surface area contributed by atoms with Crippen LogP contribution in [0, 0.1) is 11.3 Å². The van der Waals surface area contributed by atoms with Crippen molar-refractivity contribution >= 4 is 17.0 Å². The SMILES string of the molecule is N#CC=C(C(=O)c1ccccc1)c1ccc(N)cc1. The number of nitriles is 1. The van der Waals surface area contributed by atoms with E-state index < -0.39 is 0 Å². The van der Waals surface area contributed by atoms with Crippen LogP contribution >= 0.6 is 0 Å². The van der Waals surface area contributed by atoms with E-state index in [-0.39, 0.29) is 5.78 Å². The molecule has 0 aliphatic rings. The monoisotopic (exact) mass is 248 g/mol. The van der Waals surface area contributed by atoms with Crippen LogP contribution in [-0.2, 0) is 0 Å². The van der Waals surface area contributed by atoms with Gasteiger partial charge >= 0.3 is 0 Å². The van der Waals surface area contributed by atoms with Crippen molar-refractivity contribution in [2.75, 3.05) is 5.73 Å². The molecule has 0 spiro atoms. The van der Waals surface area contributed by atoms with Crippen molar-refractivity contribution in [2.45, 2.75) is 0 Å². The zero-order chi connectivity index (χ0) is 13.7. The van der Waals surface area contributed by atoms with Crippen LogP contribution in [0.1, 0.15) is 15.9 Å². The maximum absolute atomic E-state index is 12.4. The molecule has 0 bridgehead atoms. The lowest BCUT2D eigenvalue weighted by atomic mass is 9.96. The molecule has 0 aromatic heterocycles. The summed E-state index contributed by atoms with van der Waals surface area (Å²) in [6, 6.07) is 17.7. The van der Waals surface area contributed by atoms with E-state index in [4.69, 9.17) is 11.0 Å². The van der Waals surface area contributed by atoms with Gasteiger partial charge in [-0.15, -0.1) is 0 Å². The summed E-state index contributed by atoms with van der Waals surface area (Å²) in [7, 11) is 0. The van der Waals surface area contributed by atoms with E-state index in [1.54, 1.807) is 48.5 Å². The lowest BCUT2D eigenvalue weighted by molar-refractivity contribution is 0.105. The third-order valence-electron chi connectivity index (χ3n) is 2.71. The predicted octanol–water partition coefficient (Wildman–Crippen LogP) is 3.06. The van der Waals surface area contributed by atoms with Crippen molar-refractivity contribution in [2.24, 2.45) is 0 Å². The maximum atomic E-state index is 12.4. The van der Waals surface area contributed by atoms with E-state index >= 15 is 0 Å². The van der Waals surface area contributed by atoms with E-state index in [0.29, 0.717) is 22.4 Å². The Morgan fingerprint density at radius 2 is 1.63 bits per heavy atom. The Labute approximate surface area is 111 Å². The summed E-state index contributed by atoms with van der Waals surface area (Å²) >= 11 is 0. The minimum absolute atomic E-state index is 0.174. The van der Waals surface area contributed by atoms with Crippen LogP contribution in [0.15, 0.2) is 60.7 Å². The number of benzene rings is 2. The summed E-state index contributed by atoms with van der Waals surface area (Å²) < 4.78 is 0. The lowest BCUT2D eigenvalue weighted by Crippen LogP contribution is -2.02. The van der Waals surface area contributed by atoms with Crippen LogP contribution in [0.3, 0.4) is 0 Å². The van der Waals surface area contributed by atoms with E-state index in [1.165, 1.54) is 6.08 Å². The Bertz CT molecular complexity index is 649. The fraction of sp³-hybridized carbons (Fsp3) is 0. The molecule has 2 aromatic carbocycles. The van der Waals surface area contributed by atoms with Crippen molar-refractivity contribution in [3.8, 4) is 6.07 Å². The molecule has 0 unspecified atom stereocenters. The summed E-state index contributed by atoms with van der Waals surface area (Å²) in [5.74, 6) is -0.174. The fourth-order valence-electron chi connectivity index (χ4n) is 1.75. The summed E-state index contributed by atoms with van der Waals surface area (Å²) in [5.41, 5.74) is 7.85. The number of carbonyl (C=O) groups excluding carboxylic acids is 1. The Morgan fingerprint density at radius 1 is 1.00 bits per heavy atom. The molecule has 2 N–H and O–H groups in total. The average Bonchev–Trinajstić information content (AvgIpc) is 2.46. The molecule has 3 nitrogen and oxygen atoms in total. The van der Waals surface area contributed by atoms with Gasteiger partial charge in [-0.2, -0.15) is 5.26 Å². The lowest BCUT2D eigenvalue weighted by Gasteiger charge is -2.06. The number of anilines is 1. The van der Waals surface area contributed by atoms with Gasteiger partial charge in [0, 0.05) is 22.9 Å². The summed E-state index contributed by atoms with van der Waals surface area (Å²) in [5, 5.41) is 8.85. The third-order valence-corrected chi connectivity index (χ3v) is 2.71. The molecule has 2 aromatic rings. The highest BCUT2D eigenvalue weighted by molar-refractivity contribution is 6.29. The zero-order valence-electron chi connectivity index (χ0n) is 10.2. The quantitative estimate of drug-likeness (QED) is 0.393. The Kier molecular flexibility index (Phi) is 3.75. The smallest absolute Gasteiger partial charge is 0.194 e. The molecule has 0 radical (unpaired) electrons. The largest absolute Gasteiger partial charge is 0.399 e. The molecular weight excluding hydrogens is 236 g/mol. The highest BCUT2D eigenvalue weighted by atomic mass is 16.1. The number of nitrogen functional groups attached to an aromatic ring is 1. The first kappa shape index (κ1) is 12.6. The van der Waals surface area contributed by atoms with Gasteiger partial charge in [0.25, 0.3) is 0 Å². The molecule has 0 saturated heterocycles. The second kappa shape index (κ2) is 5.65. The normalized spacial score (nSPS) is 10.8. The van der Waals surface area contributed by atoms with Crippen LogP contribution in [0.4, 0.5) is 5.69 Å². The predicted molar refractivity (Wildman–Crippen MR) is 75.2 cm³/mol. The minimum Gasteiger partial charge on any atom is -0.399 e. The van der Waals surface area contributed by atoms with Crippen molar-refractivity contribution in [1.29, 1.82) is 5.26 Å². The number of hydrogen-bond donors (Lipinski definition) is 1. The van der Waals surface area contributed by atoms with E-state index in [0.717, 1.165) is 0 Å². The van der Waals surface area contributed by atoms with Gasteiger partial charge in [-0.25, -0.2) is 0 Å². The summed E-state index contributed by atoms with van der Waals surface area (Å²) in [4.78, 5) is 12.4. The second-order valence-corrected chi connectivity index (χ2v) is 4.00. The van der Waals surface area contributed by atoms with E-state index in [1.807, 2.05) is 12.1 Å². The number of allylic oxidation sites excluding steroid dienone is 2. The number of carbonyl (C=O) groups is 1. The molecule has 0 atom stereocenters. The van der Waals surface area contributed by atoms with E-state index in [2.05, 4.69) is 0 Å². The Hall–Kier alpha value is -2.86. The van der Waals surface area contributed by atoms with Crippen LogP contribution in [0.5, 0.6) is 0 Å². The highest BCUT2D eigenvalue weighted by Gasteiger charge is 2.13. The molecule has 0 aliphatic carbocycles. The number of hydrogen-bond acceptors (Lipinski definition) is 3. The molecule has 92 valence electrons. The third kappa shape index (κ3) is 2.88. The van der Waals surface area contributed by atoms with Crippen molar-refractivity contribution in [1.82, 2.24) is 0 Å². The standard InChI is InChI=1S/C16H12N2O/c17-11-10-15(12-6-8-14(18)9-7-12)16(19)13-4-2-1-3-5-13/h1-10H,18H2. The highest BCUT2D eigenvalue weighted by Crippen LogP contribution is 2.20. The molecule has 0 aliphatic heterocycles. The second-order valence-electron chi connectivity index (χ2n) is 4.00. The van der Waals surface area contributed by atoms with Gasteiger partial charge in [-0.3, -0.25) is 4.79 Å². The van der Waals surface area contributed by atoms with Crippen LogP contribution in [-0.4, -0.2) is 5.78 Å². The molecule has 2 rings (SSSR count). The average molecular weight is 248 g/mol. The van der Waals surface area contributed by atoms with Crippen molar-refractivity contribution in [3.63, 3.8) is 0 Å². The van der Waals surface area contributed by atoms with Crippen LogP contribution in [0.2, 0.25) is 0 Å². The molecular formula is C16H12N2O. The van der Waals surface area contributed by atoms with Gasteiger partial charge in [0.15, 0.2) is 5.78 Å². The number of nitrogens with zero attached hydrogens (tertiary/aromatic N) is 1. The zero-order valence-corrected chi connectivity index (χ0v) is 10.2. The number of ketones is 1. The van der Waals surface area contributed by atoms with Crippen LogP contribution < -0.4 is 5.73 Å². The topological polar surface area (TPSA) is 66.9 Å². The fourth-order valence-corrected chi connectivity index (χ4v) is 1.75. The summed E-state index contributed by atoms with van der Waals surface area (Å²) in [6.07, 6.45) is 1.26. The number of rotatable bonds is 3. The Morgan fingerprint density at radius 3 is 2.21 bits per heavy atom. The Balaban J connectivity index is 2.43. The first-order valence-corrected chi connectivity index (χ1v) is 5.78. The van der Waals surface area contributed by atoms with Gasteiger partial charge in [0.2, 0.25) is 0 Å². The van der Waals surface area contributed by atoms with Gasteiger partial charge in [0.05, 0.1) is 6.07 Å². The van der Waals surface area contributed by atoms with Crippen molar-refractivity contribution in [3.05, 3.63) is 71.8 Å². The summed E-state index contributed by atoms with van der Waals surface area (Å²) in [6.45, 7) is 0. The van der Waals surface area contributed by atoms with E-state index in [9.17, 15) is 4.79 Å². The van der Waals surface area contributed by atoms with Gasteiger partial charge in [-0.1, -0.05) is 42.5 Å². The molecule has 19 heavy (non-hydrogen) atoms.